The predicted octanol–water partition coefficient (Wildman–Crippen LogP) is 3.69. The van der Waals surface area contributed by atoms with E-state index in [1.54, 1.807) is 0 Å². The molecule has 0 spiro atoms. The lowest BCUT2D eigenvalue weighted by Crippen LogP contribution is -2.42. The van der Waals surface area contributed by atoms with Crippen LogP contribution in [0, 0.1) is 0 Å². The molecule has 1 aliphatic heterocycles. The molecule has 1 fully saturated rings. The number of rotatable bonds is 9. The third kappa shape index (κ3) is 5.60. The number of likely N-dealkylation sites (tertiary alicyclic amines) is 1. The van der Waals surface area contributed by atoms with Gasteiger partial charge < -0.3 is 15.2 Å². The molecule has 2 aromatic rings. The van der Waals surface area contributed by atoms with Crippen molar-refractivity contribution in [2.24, 2.45) is 4.99 Å². The van der Waals surface area contributed by atoms with E-state index in [-0.39, 0.29) is 0 Å². The van der Waals surface area contributed by atoms with Gasteiger partial charge in [-0.2, -0.15) is 0 Å². The first-order valence-electron chi connectivity index (χ1n) is 11.0. The number of hydrogen-bond acceptors (Lipinski definition) is 4. The fraction of sp³-hybridized carbons (Fsp3) is 0.565. The minimum absolute atomic E-state index is 0.357. The summed E-state index contributed by atoms with van der Waals surface area (Å²) in [5, 5.41) is 11.2. The van der Waals surface area contributed by atoms with Crippen molar-refractivity contribution >= 4 is 5.96 Å². The smallest absolute Gasteiger partial charge is 0.191 e. The standard InChI is InChI=1S/C23H35N5O/c1-4-20-19(22(5-2)29-27-20)16-25-23(24-6-3)26-17-21(28-14-10-11-15-28)18-12-8-7-9-13-18/h7-9,12-13,21H,4-6,10-11,14-17H2,1-3H3,(H2,24,25,26). The molecule has 1 unspecified atom stereocenters. The molecule has 1 saturated heterocycles. The lowest BCUT2D eigenvalue weighted by Gasteiger charge is -2.29. The topological polar surface area (TPSA) is 65.7 Å². The van der Waals surface area contributed by atoms with Crippen LogP contribution in [0.1, 0.15) is 62.2 Å². The summed E-state index contributed by atoms with van der Waals surface area (Å²) in [4.78, 5) is 7.42. The van der Waals surface area contributed by atoms with Gasteiger partial charge in [0.05, 0.1) is 18.3 Å². The maximum atomic E-state index is 5.48. The molecule has 2 heterocycles. The predicted molar refractivity (Wildman–Crippen MR) is 118 cm³/mol. The summed E-state index contributed by atoms with van der Waals surface area (Å²) >= 11 is 0. The average molecular weight is 398 g/mol. The normalized spacial score (nSPS) is 16.2. The van der Waals surface area contributed by atoms with E-state index < -0.39 is 0 Å². The van der Waals surface area contributed by atoms with Crippen molar-refractivity contribution in [1.29, 1.82) is 0 Å². The molecule has 1 aromatic heterocycles. The molecule has 6 nitrogen and oxygen atoms in total. The molecule has 2 N–H and O–H groups in total. The fourth-order valence-corrected chi connectivity index (χ4v) is 4.00. The summed E-state index contributed by atoms with van der Waals surface area (Å²) in [6.45, 7) is 10.9. The molecule has 6 heteroatoms. The zero-order chi connectivity index (χ0) is 20.5. The quantitative estimate of drug-likeness (QED) is 0.499. The third-order valence-corrected chi connectivity index (χ3v) is 5.58. The van der Waals surface area contributed by atoms with E-state index in [1.807, 2.05) is 0 Å². The first kappa shape index (κ1) is 21.4. The van der Waals surface area contributed by atoms with Crippen LogP contribution < -0.4 is 10.6 Å². The molecule has 0 radical (unpaired) electrons. The number of aromatic nitrogens is 1. The van der Waals surface area contributed by atoms with Gasteiger partial charge in [-0.1, -0.05) is 49.3 Å². The number of guanidine groups is 1. The first-order valence-corrected chi connectivity index (χ1v) is 11.0. The van der Waals surface area contributed by atoms with Crippen LogP contribution in [-0.4, -0.2) is 42.2 Å². The molecule has 29 heavy (non-hydrogen) atoms. The number of nitrogens with zero attached hydrogens (tertiary/aromatic N) is 3. The number of aryl methyl sites for hydroxylation is 2. The second-order valence-electron chi connectivity index (χ2n) is 7.48. The molecule has 1 aliphatic rings. The Balaban J connectivity index is 1.71. The molecule has 1 aromatic carbocycles. The minimum atomic E-state index is 0.357. The monoisotopic (exact) mass is 397 g/mol. The summed E-state index contributed by atoms with van der Waals surface area (Å²) in [5.41, 5.74) is 3.50. The van der Waals surface area contributed by atoms with Crippen molar-refractivity contribution in [3.05, 3.63) is 52.9 Å². The Hall–Kier alpha value is -2.34. The number of aliphatic imine (C=N–C) groups is 1. The summed E-state index contributed by atoms with van der Waals surface area (Å²) in [6.07, 6.45) is 4.27. The van der Waals surface area contributed by atoms with Gasteiger partial charge >= 0.3 is 0 Å². The Bertz CT molecular complexity index is 743. The maximum absolute atomic E-state index is 5.48. The maximum Gasteiger partial charge on any atom is 0.191 e. The molecule has 3 rings (SSSR count). The van der Waals surface area contributed by atoms with E-state index >= 15 is 0 Å². The zero-order valence-electron chi connectivity index (χ0n) is 18.1. The average Bonchev–Trinajstić information content (AvgIpc) is 3.42. The van der Waals surface area contributed by atoms with Crippen LogP contribution >= 0.6 is 0 Å². The third-order valence-electron chi connectivity index (χ3n) is 5.58. The van der Waals surface area contributed by atoms with E-state index in [1.165, 1.54) is 18.4 Å². The Morgan fingerprint density at radius 1 is 1.10 bits per heavy atom. The summed E-state index contributed by atoms with van der Waals surface area (Å²) < 4.78 is 5.48. The van der Waals surface area contributed by atoms with Crippen molar-refractivity contribution in [1.82, 2.24) is 20.7 Å². The Labute approximate surface area is 174 Å². The van der Waals surface area contributed by atoms with Gasteiger partial charge in [-0.05, 0) is 44.8 Å². The van der Waals surface area contributed by atoms with Gasteiger partial charge in [-0.15, -0.1) is 0 Å². The van der Waals surface area contributed by atoms with Gasteiger partial charge in [0.1, 0.15) is 5.76 Å². The molecule has 0 saturated carbocycles. The van der Waals surface area contributed by atoms with Crippen LogP contribution in [0.5, 0.6) is 0 Å². The van der Waals surface area contributed by atoms with Crippen molar-refractivity contribution in [3.63, 3.8) is 0 Å². The van der Waals surface area contributed by atoms with Gasteiger partial charge in [-0.25, -0.2) is 4.99 Å². The van der Waals surface area contributed by atoms with Crippen molar-refractivity contribution in [3.8, 4) is 0 Å². The molecular weight excluding hydrogens is 362 g/mol. The number of hydrogen-bond donors (Lipinski definition) is 2. The highest BCUT2D eigenvalue weighted by Crippen LogP contribution is 2.24. The Morgan fingerprint density at radius 3 is 2.52 bits per heavy atom. The van der Waals surface area contributed by atoms with Crippen LogP contribution in [0.4, 0.5) is 0 Å². The fourth-order valence-electron chi connectivity index (χ4n) is 4.00. The van der Waals surface area contributed by atoms with E-state index in [0.717, 1.165) is 62.0 Å². The second kappa shape index (κ2) is 11.0. The number of nitrogens with one attached hydrogen (secondary N) is 2. The molecule has 0 bridgehead atoms. The zero-order valence-corrected chi connectivity index (χ0v) is 18.1. The van der Waals surface area contributed by atoms with Crippen LogP contribution in [-0.2, 0) is 19.4 Å². The molecule has 0 amide bonds. The first-order chi connectivity index (χ1) is 14.3. The minimum Gasteiger partial charge on any atom is -0.361 e. The van der Waals surface area contributed by atoms with Crippen LogP contribution in [0.25, 0.3) is 0 Å². The van der Waals surface area contributed by atoms with Crippen LogP contribution in [0.15, 0.2) is 39.8 Å². The van der Waals surface area contributed by atoms with E-state index in [4.69, 9.17) is 9.52 Å². The molecular formula is C23H35N5O. The van der Waals surface area contributed by atoms with Crippen LogP contribution in [0.3, 0.4) is 0 Å². The highest BCUT2D eigenvalue weighted by atomic mass is 16.5. The van der Waals surface area contributed by atoms with E-state index in [2.05, 4.69) is 71.8 Å². The lowest BCUT2D eigenvalue weighted by molar-refractivity contribution is 0.245. The van der Waals surface area contributed by atoms with Crippen molar-refractivity contribution in [2.75, 3.05) is 26.2 Å². The van der Waals surface area contributed by atoms with Gasteiger partial charge in [0.25, 0.3) is 0 Å². The number of benzene rings is 1. The summed E-state index contributed by atoms with van der Waals surface area (Å²) in [5.74, 6) is 1.79. The van der Waals surface area contributed by atoms with E-state index in [9.17, 15) is 0 Å². The largest absolute Gasteiger partial charge is 0.361 e. The van der Waals surface area contributed by atoms with Crippen LogP contribution in [0.2, 0.25) is 0 Å². The Morgan fingerprint density at radius 2 is 1.86 bits per heavy atom. The summed E-state index contributed by atoms with van der Waals surface area (Å²) in [6, 6.07) is 11.2. The molecule has 1 atom stereocenters. The van der Waals surface area contributed by atoms with Gasteiger partial charge in [0.15, 0.2) is 5.96 Å². The van der Waals surface area contributed by atoms with Crippen molar-refractivity contribution in [2.45, 2.75) is 59.0 Å². The highest BCUT2D eigenvalue weighted by Gasteiger charge is 2.23. The van der Waals surface area contributed by atoms with Gasteiger partial charge in [0.2, 0.25) is 0 Å². The van der Waals surface area contributed by atoms with Crippen molar-refractivity contribution < 1.29 is 4.52 Å². The van der Waals surface area contributed by atoms with E-state index in [0.29, 0.717) is 12.6 Å². The van der Waals surface area contributed by atoms with Gasteiger partial charge in [-0.3, -0.25) is 4.90 Å². The Kier molecular flexibility index (Phi) is 8.11. The molecule has 0 aliphatic carbocycles. The summed E-state index contributed by atoms with van der Waals surface area (Å²) in [7, 11) is 0. The SMILES string of the molecule is CCNC(=NCc1c(CC)noc1CC)NCC(c1ccccc1)N1CCCC1. The second-order valence-corrected chi connectivity index (χ2v) is 7.48. The lowest BCUT2D eigenvalue weighted by atomic mass is 10.1. The van der Waals surface area contributed by atoms with Gasteiger partial charge in [0, 0.05) is 25.1 Å². The highest BCUT2D eigenvalue weighted by molar-refractivity contribution is 5.79. The molecule has 158 valence electrons.